The highest BCUT2D eigenvalue weighted by Crippen LogP contribution is 2.27. The second-order valence-corrected chi connectivity index (χ2v) is 8.32. The average molecular weight is 415 g/mol. The molecule has 10 heteroatoms. The van der Waals surface area contributed by atoms with E-state index in [1.807, 2.05) is 13.0 Å². The van der Waals surface area contributed by atoms with Crippen molar-refractivity contribution >= 4 is 27.3 Å². The molecular weight excluding hydrogens is 394 g/mol. The number of benzene rings is 2. The summed E-state index contributed by atoms with van der Waals surface area (Å²) in [7, 11) is -2.18. The monoisotopic (exact) mass is 415 g/mol. The average Bonchev–Trinajstić information content (AvgIpc) is 3.20. The van der Waals surface area contributed by atoms with Crippen molar-refractivity contribution in [2.75, 3.05) is 29.5 Å². The summed E-state index contributed by atoms with van der Waals surface area (Å²) in [4.78, 5) is 12.7. The molecule has 0 fully saturated rings. The number of nitrogens with zero attached hydrogens (tertiary/aromatic N) is 4. The fraction of sp³-hybridized carbons (Fsp3) is 0.211. The summed E-state index contributed by atoms with van der Waals surface area (Å²) in [6.07, 6.45) is 4.11. The van der Waals surface area contributed by atoms with Gasteiger partial charge in [-0.3, -0.25) is 13.7 Å². The molecule has 0 unspecified atom stereocenters. The van der Waals surface area contributed by atoms with Crippen molar-refractivity contribution in [2.24, 2.45) is 0 Å². The lowest BCUT2D eigenvalue weighted by atomic mass is 10.2. The first-order valence-electron chi connectivity index (χ1n) is 8.65. The summed E-state index contributed by atoms with van der Waals surface area (Å²) in [6.45, 7) is 1.48. The molecule has 0 aliphatic carbocycles. The number of aryl methyl sites for hydroxylation is 1. The zero-order valence-corrected chi connectivity index (χ0v) is 17.0. The Kier molecular flexibility index (Phi) is 5.83. The number of methoxy groups -OCH3 is 1. The number of aromatic nitrogens is 3. The molecule has 0 spiro atoms. The number of sulfonamides is 1. The number of nitrogens with one attached hydrogen (secondary N) is 1. The third-order valence-corrected chi connectivity index (χ3v) is 5.29. The van der Waals surface area contributed by atoms with Crippen molar-refractivity contribution in [1.82, 2.24) is 14.8 Å². The zero-order valence-electron chi connectivity index (χ0n) is 16.2. The van der Waals surface area contributed by atoms with Crippen molar-refractivity contribution in [2.45, 2.75) is 6.92 Å². The van der Waals surface area contributed by atoms with Gasteiger partial charge in [0, 0.05) is 0 Å². The Morgan fingerprint density at radius 2 is 1.90 bits per heavy atom. The molecule has 0 saturated heterocycles. The third-order valence-electron chi connectivity index (χ3n) is 4.15. The lowest BCUT2D eigenvalue weighted by Gasteiger charge is -2.22. The summed E-state index contributed by atoms with van der Waals surface area (Å²) in [6, 6.07) is 12.1. The topological polar surface area (TPSA) is 106 Å². The molecular formula is C19H21N5O4S. The van der Waals surface area contributed by atoms with E-state index in [0.717, 1.165) is 16.1 Å². The third kappa shape index (κ3) is 4.91. The van der Waals surface area contributed by atoms with Crippen LogP contribution < -0.4 is 14.4 Å². The minimum atomic E-state index is -3.66. The Balaban J connectivity index is 1.86. The molecule has 1 heterocycles. The van der Waals surface area contributed by atoms with Crippen LogP contribution in [-0.2, 0) is 14.8 Å². The zero-order chi connectivity index (χ0) is 21.0. The van der Waals surface area contributed by atoms with Crippen LogP contribution in [0.5, 0.6) is 5.75 Å². The van der Waals surface area contributed by atoms with E-state index in [1.165, 1.54) is 19.8 Å². The van der Waals surface area contributed by atoms with E-state index in [9.17, 15) is 13.2 Å². The van der Waals surface area contributed by atoms with Gasteiger partial charge in [0.1, 0.15) is 24.9 Å². The summed E-state index contributed by atoms with van der Waals surface area (Å²) in [5.74, 6) is -0.0622. The fourth-order valence-corrected chi connectivity index (χ4v) is 3.64. The first-order valence-corrected chi connectivity index (χ1v) is 10.5. The number of hydrogen-bond acceptors (Lipinski definition) is 6. The highest BCUT2D eigenvalue weighted by molar-refractivity contribution is 7.92. The van der Waals surface area contributed by atoms with Crippen LogP contribution in [0.15, 0.2) is 55.1 Å². The van der Waals surface area contributed by atoms with Crippen molar-refractivity contribution in [3.8, 4) is 11.4 Å². The van der Waals surface area contributed by atoms with Crippen molar-refractivity contribution in [3.05, 3.63) is 60.7 Å². The number of anilines is 2. The van der Waals surface area contributed by atoms with E-state index >= 15 is 0 Å². The molecule has 0 aliphatic rings. The van der Waals surface area contributed by atoms with Gasteiger partial charge in [0.15, 0.2) is 0 Å². The Labute approximate surface area is 169 Å². The molecule has 9 nitrogen and oxygen atoms in total. The predicted molar refractivity (Wildman–Crippen MR) is 110 cm³/mol. The summed E-state index contributed by atoms with van der Waals surface area (Å²) in [5, 5.41) is 10.2. The first kappa shape index (κ1) is 20.3. The van der Waals surface area contributed by atoms with Crippen molar-refractivity contribution in [3.63, 3.8) is 0 Å². The van der Waals surface area contributed by atoms with E-state index in [2.05, 4.69) is 15.5 Å². The van der Waals surface area contributed by atoms with E-state index in [0.29, 0.717) is 22.8 Å². The van der Waals surface area contributed by atoms with Gasteiger partial charge >= 0.3 is 0 Å². The molecule has 1 aromatic heterocycles. The van der Waals surface area contributed by atoms with E-state index in [-0.39, 0.29) is 6.54 Å². The number of rotatable bonds is 7. The van der Waals surface area contributed by atoms with E-state index < -0.39 is 15.9 Å². The van der Waals surface area contributed by atoms with Gasteiger partial charge < -0.3 is 10.1 Å². The maximum atomic E-state index is 12.7. The minimum absolute atomic E-state index is 0.373. The molecule has 0 atom stereocenters. The lowest BCUT2D eigenvalue weighted by Crippen LogP contribution is -2.37. The number of carbonyl (C=O) groups is 1. The smallest absolute Gasteiger partial charge is 0.245 e. The second-order valence-electron chi connectivity index (χ2n) is 6.41. The molecule has 1 N–H and O–H groups in total. The highest BCUT2D eigenvalue weighted by Gasteiger charge is 2.21. The maximum absolute atomic E-state index is 12.7. The molecule has 152 valence electrons. The Morgan fingerprint density at radius 1 is 1.17 bits per heavy atom. The normalized spacial score (nSPS) is 11.1. The van der Waals surface area contributed by atoms with Crippen LogP contribution in [0, 0.1) is 6.92 Å². The number of hydrogen-bond donors (Lipinski definition) is 1. The molecule has 0 saturated carbocycles. The fourth-order valence-electron chi connectivity index (χ4n) is 2.79. The summed E-state index contributed by atoms with van der Waals surface area (Å²) in [5.41, 5.74) is 2.43. The highest BCUT2D eigenvalue weighted by atomic mass is 32.2. The van der Waals surface area contributed by atoms with E-state index in [4.69, 9.17) is 4.74 Å². The SMILES string of the molecule is COc1ccc(-n2cnnc2)cc1NC(=O)CN(c1cccc(C)c1)S(C)(=O)=O. The maximum Gasteiger partial charge on any atom is 0.245 e. The molecule has 3 rings (SSSR count). The standard InChI is InChI=1S/C19H21N5O4S/c1-14-5-4-6-16(9-14)24(29(3,26)27)11-19(25)22-17-10-15(7-8-18(17)28-2)23-12-20-21-13-23/h4-10,12-13H,11H2,1-3H3,(H,22,25). The van der Waals surface area contributed by atoms with Gasteiger partial charge in [-0.25, -0.2) is 8.42 Å². The summed E-state index contributed by atoms with van der Waals surface area (Å²) >= 11 is 0. The van der Waals surface area contributed by atoms with Crippen LogP contribution in [0.3, 0.4) is 0 Å². The van der Waals surface area contributed by atoms with Crippen LogP contribution in [0.1, 0.15) is 5.56 Å². The Hall–Kier alpha value is -3.40. The van der Waals surface area contributed by atoms with Gasteiger partial charge in [0.05, 0.1) is 30.4 Å². The van der Waals surface area contributed by atoms with Gasteiger partial charge in [-0.15, -0.1) is 10.2 Å². The molecule has 0 radical (unpaired) electrons. The second kappa shape index (κ2) is 8.31. The van der Waals surface area contributed by atoms with Gasteiger partial charge in [-0.05, 0) is 42.8 Å². The molecule has 2 aromatic carbocycles. The number of amides is 1. The number of ether oxygens (including phenoxy) is 1. The van der Waals surface area contributed by atoms with Crippen molar-refractivity contribution < 1.29 is 17.9 Å². The Bertz CT molecular complexity index is 1110. The van der Waals surface area contributed by atoms with Gasteiger partial charge in [0.25, 0.3) is 0 Å². The number of carbonyl (C=O) groups excluding carboxylic acids is 1. The van der Waals surface area contributed by atoms with E-state index in [1.54, 1.807) is 41.0 Å². The van der Waals surface area contributed by atoms with Crippen LogP contribution in [0.25, 0.3) is 5.69 Å². The van der Waals surface area contributed by atoms with Crippen LogP contribution in [0.4, 0.5) is 11.4 Å². The quantitative estimate of drug-likeness (QED) is 0.633. The van der Waals surface area contributed by atoms with Crippen LogP contribution in [0.2, 0.25) is 0 Å². The molecule has 0 bridgehead atoms. The van der Waals surface area contributed by atoms with Crippen LogP contribution in [-0.4, -0.2) is 49.0 Å². The molecule has 0 aliphatic heterocycles. The predicted octanol–water partition coefficient (Wildman–Crippen LogP) is 1.99. The van der Waals surface area contributed by atoms with Gasteiger partial charge in [-0.2, -0.15) is 0 Å². The van der Waals surface area contributed by atoms with Gasteiger partial charge in [-0.1, -0.05) is 12.1 Å². The molecule has 29 heavy (non-hydrogen) atoms. The molecule has 1 amide bonds. The Morgan fingerprint density at radius 3 is 2.52 bits per heavy atom. The largest absolute Gasteiger partial charge is 0.495 e. The minimum Gasteiger partial charge on any atom is -0.495 e. The van der Waals surface area contributed by atoms with Crippen molar-refractivity contribution in [1.29, 1.82) is 0 Å². The lowest BCUT2D eigenvalue weighted by molar-refractivity contribution is -0.114. The summed E-state index contributed by atoms with van der Waals surface area (Å²) < 4.78 is 32.6. The first-order chi connectivity index (χ1) is 13.8. The molecule has 3 aromatic rings. The van der Waals surface area contributed by atoms with Crippen LogP contribution >= 0.6 is 0 Å². The van der Waals surface area contributed by atoms with Gasteiger partial charge in [0.2, 0.25) is 15.9 Å².